The van der Waals surface area contributed by atoms with Gasteiger partial charge in [0.1, 0.15) is 9.84 Å². The summed E-state index contributed by atoms with van der Waals surface area (Å²) in [6.07, 6.45) is 14.0. The maximum atomic E-state index is 13.5. The number of hydrogen-bond acceptors (Lipinski definition) is 3. The number of fused-ring (bicyclic) bond motifs is 5. The Morgan fingerprint density at radius 1 is 0.931 bits per heavy atom. The molecular formula is C24H37NO3S. The standard InChI is InChI=1S/C24H37NO3S/c1-2-29(27,28)10-9-22-3-6-23(7-4-22,8-5-22)21(26)25-20-18-12-16-11-17-13-19(20)24(18,14-16)15-17/h16-20H,2-15H2,1H3,(H,25,26). The Bertz CT molecular complexity index is 785. The molecule has 7 saturated carbocycles. The van der Waals surface area contributed by atoms with Crippen LogP contribution in [0.15, 0.2) is 0 Å². The second-order valence-electron chi connectivity index (χ2n) is 12.1. The van der Waals surface area contributed by atoms with Gasteiger partial charge in [-0.1, -0.05) is 6.92 Å². The summed E-state index contributed by atoms with van der Waals surface area (Å²) >= 11 is 0. The highest BCUT2D eigenvalue weighted by atomic mass is 32.2. The predicted octanol–water partition coefficient (Wildman–Crippen LogP) is 4.09. The van der Waals surface area contributed by atoms with Gasteiger partial charge in [0.25, 0.3) is 0 Å². The van der Waals surface area contributed by atoms with Crippen LogP contribution in [0, 0.1) is 39.9 Å². The molecule has 0 aliphatic heterocycles. The van der Waals surface area contributed by atoms with Crippen molar-refractivity contribution in [1.29, 1.82) is 0 Å². The number of rotatable bonds is 6. The highest BCUT2D eigenvalue weighted by Crippen LogP contribution is 2.75. The summed E-state index contributed by atoms with van der Waals surface area (Å²) in [6, 6.07) is 0.468. The lowest BCUT2D eigenvalue weighted by Crippen LogP contribution is -2.64. The molecule has 4 atom stereocenters. The molecule has 0 aromatic carbocycles. The first kappa shape index (κ1) is 19.1. The first-order valence-electron chi connectivity index (χ1n) is 12.3. The van der Waals surface area contributed by atoms with Gasteiger partial charge in [0.05, 0.1) is 5.75 Å². The largest absolute Gasteiger partial charge is 0.352 e. The third kappa shape index (κ3) is 2.61. The van der Waals surface area contributed by atoms with Crippen LogP contribution in [0.2, 0.25) is 0 Å². The fourth-order valence-corrected chi connectivity index (χ4v) is 10.4. The van der Waals surface area contributed by atoms with E-state index < -0.39 is 9.84 Å². The highest BCUT2D eigenvalue weighted by Gasteiger charge is 2.71. The zero-order chi connectivity index (χ0) is 20.1. The topological polar surface area (TPSA) is 63.2 Å². The van der Waals surface area contributed by atoms with Gasteiger partial charge in [0, 0.05) is 17.2 Å². The molecule has 5 heteroatoms. The second-order valence-corrected chi connectivity index (χ2v) is 14.5. The van der Waals surface area contributed by atoms with Crippen LogP contribution in [0.3, 0.4) is 0 Å². The first-order chi connectivity index (χ1) is 13.8. The van der Waals surface area contributed by atoms with Crippen LogP contribution in [0.4, 0.5) is 0 Å². The number of hydrogen-bond donors (Lipinski definition) is 1. The van der Waals surface area contributed by atoms with E-state index in [1.54, 1.807) is 6.92 Å². The quantitative estimate of drug-likeness (QED) is 0.705. The molecule has 4 unspecified atom stereocenters. The van der Waals surface area contributed by atoms with Gasteiger partial charge in [0.15, 0.2) is 0 Å². The third-order valence-corrected chi connectivity index (χ3v) is 12.8. The molecule has 7 aliphatic carbocycles. The van der Waals surface area contributed by atoms with Gasteiger partial charge in [-0.05, 0) is 112 Å². The monoisotopic (exact) mass is 419 g/mol. The molecule has 5 bridgehead atoms. The molecule has 4 nitrogen and oxygen atoms in total. The maximum absolute atomic E-state index is 13.5. The molecule has 29 heavy (non-hydrogen) atoms. The smallest absolute Gasteiger partial charge is 0.226 e. The minimum absolute atomic E-state index is 0.149. The summed E-state index contributed by atoms with van der Waals surface area (Å²) in [6.45, 7) is 1.75. The zero-order valence-corrected chi connectivity index (χ0v) is 18.7. The molecule has 7 aliphatic rings. The van der Waals surface area contributed by atoms with E-state index in [-0.39, 0.29) is 16.6 Å². The van der Waals surface area contributed by atoms with Gasteiger partial charge in [-0.3, -0.25) is 4.79 Å². The third-order valence-electron chi connectivity index (χ3n) is 11.1. The van der Waals surface area contributed by atoms with Gasteiger partial charge in [-0.15, -0.1) is 0 Å². The van der Waals surface area contributed by atoms with E-state index in [9.17, 15) is 13.2 Å². The first-order valence-corrected chi connectivity index (χ1v) is 14.1. The van der Waals surface area contributed by atoms with Crippen molar-refractivity contribution in [2.75, 3.05) is 11.5 Å². The Morgan fingerprint density at radius 3 is 2.07 bits per heavy atom. The highest BCUT2D eigenvalue weighted by molar-refractivity contribution is 7.91. The van der Waals surface area contributed by atoms with Crippen molar-refractivity contribution in [2.45, 2.75) is 90.0 Å². The van der Waals surface area contributed by atoms with E-state index in [1.165, 1.54) is 32.1 Å². The van der Waals surface area contributed by atoms with Crippen LogP contribution in [0.5, 0.6) is 0 Å². The lowest BCUT2D eigenvalue weighted by molar-refractivity contribution is -0.147. The van der Waals surface area contributed by atoms with Gasteiger partial charge in [-0.2, -0.15) is 0 Å². The lowest BCUT2D eigenvalue weighted by Gasteiger charge is -2.58. The Morgan fingerprint density at radius 2 is 1.52 bits per heavy atom. The van der Waals surface area contributed by atoms with E-state index in [0.717, 1.165) is 68.6 Å². The molecule has 7 fully saturated rings. The lowest BCUT2D eigenvalue weighted by atomic mass is 9.51. The van der Waals surface area contributed by atoms with E-state index in [2.05, 4.69) is 5.32 Å². The minimum atomic E-state index is -2.89. The summed E-state index contributed by atoms with van der Waals surface area (Å²) in [7, 11) is -2.89. The van der Waals surface area contributed by atoms with E-state index >= 15 is 0 Å². The SMILES string of the molecule is CCS(=O)(=O)CCC12CCC(C(=O)NC3C4CC5CC6CC3C4(C5)C6)(CC1)CC2. The van der Waals surface area contributed by atoms with Crippen LogP contribution >= 0.6 is 0 Å². The van der Waals surface area contributed by atoms with Crippen LogP contribution in [0.25, 0.3) is 0 Å². The van der Waals surface area contributed by atoms with Crippen LogP contribution in [-0.4, -0.2) is 31.9 Å². The van der Waals surface area contributed by atoms with Crippen molar-refractivity contribution >= 4 is 15.7 Å². The van der Waals surface area contributed by atoms with Gasteiger partial charge in [-0.25, -0.2) is 8.42 Å². The molecule has 162 valence electrons. The summed E-state index contributed by atoms with van der Waals surface area (Å²) in [5.41, 5.74) is 0.667. The Balaban J connectivity index is 1.11. The summed E-state index contributed by atoms with van der Waals surface area (Å²) in [5.74, 6) is 4.40. The molecular weight excluding hydrogens is 382 g/mol. The number of sulfone groups is 1. The Labute approximate surface area is 175 Å². The van der Waals surface area contributed by atoms with Crippen molar-refractivity contribution in [2.24, 2.45) is 39.9 Å². The molecule has 0 heterocycles. The van der Waals surface area contributed by atoms with E-state index in [0.29, 0.717) is 23.1 Å². The molecule has 0 aromatic rings. The maximum Gasteiger partial charge on any atom is 0.226 e. The van der Waals surface area contributed by atoms with Crippen molar-refractivity contribution in [3.63, 3.8) is 0 Å². The molecule has 1 spiro atoms. The van der Waals surface area contributed by atoms with Crippen LogP contribution in [0.1, 0.15) is 84.0 Å². The molecule has 1 N–H and O–H groups in total. The molecule has 7 rings (SSSR count). The molecule has 0 radical (unpaired) electrons. The Kier molecular flexibility index (Phi) is 3.97. The van der Waals surface area contributed by atoms with Crippen molar-refractivity contribution in [1.82, 2.24) is 5.32 Å². The molecule has 1 amide bonds. The van der Waals surface area contributed by atoms with E-state index in [1.807, 2.05) is 0 Å². The van der Waals surface area contributed by atoms with Crippen molar-refractivity contribution in [3.8, 4) is 0 Å². The Hall–Kier alpha value is -0.580. The normalized spacial score (nSPS) is 51.7. The summed E-state index contributed by atoms with van der Waals surface area (Å²) < 4.78 is 24.0. The number of amides is 1. The predicted molar refractivity (Wildman–Crippen MR) is 113 cm³/mol. The van der Waals surface area contributed by atoms with Crippen LogP contribution in [-0.2, 0) is 14.6 Å². The summed E-state index contributed by atoms with van der Waals surface area (Å²) in [5, 5.41) is 3.62. The number of carbonyl (C=O) groups excluding carboxylic acids is 1. The average molecular weight is 420 g/mol. The molecule has 0 aromatic heterocycles. The molecule has 0 saturated heterocycles. The van der Waals surface area contributed by atoms with Gasteiger partial charge in [0.2, 0.25) is 5.91 Å². The van der Waals surface area contributed by atoms with Crippen LogP contribution < -0.4 is 5.32 Å². The average Bonchev–Trinajstić information content (AvgIpc) is 3.11. The summed E-state index contributed by atoms with van der Waals surface area (Å²) in [4.78, 5) is 13.5. The fraction of sp³-hybridized carbons (Fsp3) is 0.958. The minimum Gasteiger partial charge on any atom is -0.352 e. The second kappa shape index (κ2) is 6.01. The number of carbonyl (C=O) groups is 1. The van der Waals surface area contributed by atoms with Gasteiger partial charge >= 0.3 is 0 Å². The van der Waals surface area contributed by atoms with Gasteiger partial charge < -0.3 is 5.32 Å². The fourth-order valence-electron chi connectivity index (χ4n) is 9.39. The van der Waals surface area contributed by atoms with Crippen molar-refractivity contribution in [3.05, 3.63) is 0 Å². The van der Waals surface area contributed by atoms with Crippen molar-refractivity contribution < 1.29 is 13.2 Å². The number of nitrogens with one attached hydrogen (secondary N) is 1. The zero-order valence-electron chi connectivity index (χ0n) is 17.9. The van der Waals surface area contributed by atoms with E-state index in [4.69, 9.17) is 0 Å².